The quantitative estimate of drug-likeness (QED) is 0.876. The first-order chi connectivity index (χ1) is 10.6. The normalized spacial score (nSPS) is 10.0. The lowest BCUT2D eigenvalue weighted by atomic mass is 10.0. The molecule has 23 heavy (non-hydrogen) atoms. The Bertz CT molecular complexity index is 629. The molecule has 0 saturated heterocycles. The summed E-state index contributed by atoms with van der Waals surface area (Å²) in [5.74, 6) is 0.0785. The van der Waals surface area contributed by atoms with Gasteiger partial charge >= 0.3 is 0 Å². The molecular formula is C19H25ClN2O. The van der Waals surface area contributed by atoms with Crippen LogP contribution >= 0.6 is 12.4 Å². The van der Waals surface area contributed by atoms with Crippen molar-refractivity contribution in [2.75, 3.05) is 13.1 Å². The van der Waals surface area contributed by atoms with Gasteiger partial charge in [0.2, 0.25) is 0 Å². The van der Waals surface area contributed by atoms with Gasteiger partial charge in [0.25, 0.3) is 5.91 Å². The molecule has 3 nitrogen and oxygen atoms in total. The van der Waals surface area contributed by atoms with Crippen LogP contribution in [0.25, 0.3) is 0 Å². The minimum atomic E-state index is 0. The Morgan fingerprint density at radius 3 is 2.39 bits per heavy atom. The average Bonchev–Trinajstić information content (AvgIpc) is 2.52. The van der Waals surface area contributed by atoms with Crippen LogP contribution in [0.15, 0.2) is 48.5 Å². The third-order valence-corrected chi connectivity index (χ3v) is 3.75. The van der Waals surface area contributed by atoms with E-state index in [4.69, 9.17) is 5.73 Å². The highest BCUT2D eigenvalue weighted by Gasteiger charge is 2.17. The molecule has 0 radical (unpaired) electrons. The lowest BCUT2D eigenvalue weighted by molar-refractivity contribution is 0.0741. The molecule has 0 aromatic heterocycles. The zero-order valence-electron chi connectivity index (χ0n) is 13.8. The zero-order chi connectivity index (χ0) is 15.9. The number of halogens is 1. The number of nitrogens with two attached hydrogens (primary N) is 1. The molecule has 0 unspecified atom stereocenters. The average molecular weight is 333 g/mol. The van der Waals surface area contributed by atoms with Crippen molar-refractivity contribution in [1.29, 1.82) is 0 Å². The first-order valence-corrected chi connectivity index (χ1v) is 7.72. The number of carbonyl (C=O) groups excluding carboxylic acids is 1. The fourth-order valence-electron chi connectivity index (χ4n) is 2.56. The SMILES string of the molecule is Cc1ccc(C(=O)N(CCCN)Cc2ccccc2)c(C)c1.Cl. The zero-order valence-corrected chi connectivity index (χ0v) is 14.6. The van der Waals surface area contributed by atoms with Crippen LogP contribution in [0.1, 0.15) is 33.5 Å². The lowest BCUT2D eigenvalue weighted by Gasteiger charge is -2.23. The molecule has 0 atom stereocenters. The molecule has 2 rings (SSSR count). The van der Waals surface area contributed by atoms with Gasteiger partial charge in [0, 0.05) is 18.7 Å². The van der Waals surface area contributed by atoms with Crippen molar-refractivity contribution >= 4 is 18.3 Å². The maximum absolute atomic E-state index is 12.9. The van der Waals surface area contributed by atoms with Gasteiger partial charge in [0.15, 0.2) is 0 Å². The Morgan fingerprint density at radius 1 is 1.09 bits per heavy atom. The largest absolute Gasteiger partial charge is 0.334 e. The Balaban J connectivity index is 0.00000264. The van der Waals surface area contributed by atoms with Crippen molar-refractivity contribution < 1.29 is 4.79 Å². The molecule has 4 heteroatoms. The number of hydrogen-bond donors (Lipinski definition) is 1. The number of hydrogen-bond acceptors (Lipinski definition) is 2. The van der Waals surface area contributed by atoms with E-state index in [0.717, 1.165) is 23.1 Å². The van der Waals surface area contributed by atoms with Crippen molar-refractivity contribution in [3.8, 4) is 0 Å². The Labute approximate surface area is 144 Å². The summed E-state index contributed by atoms with van der Waals surface area (Å²) in [5, 5.41) is 0. The summed E-state index contributed by atoms with van der Waals surface area (Å²) >= 11 is 0. The van der Waals surface area contributed by atoms with Crippen LogP contribution in [0, 0.1) is 13.8 Å². The van der Waals surface area contributed by atoms with E-state index in [2.05, 4.69) is 6.07 Å². The Kier molecular flexibility index (Phi) is 7.79. The van der Waals surface area contributed by atoms with Crippen LogP contribution in [0.5, 0.6) is 0 Å². The van der Waals surface area contributed by atoms with Crippen molar-refractivity contribution in [3.63, 3.8) is 0 Å². The van der Waals surface area contributed by atoms with Gasteiger partial charge in [-0.15, -0.1) is 12.4 Å². The first-order valence-electron chi connectivity index (χ1n) is 7.72. The highest BCUT2D eigenvalue weighted by molar-refractivity contribution is 5.95. The molecule has 0 aliphatic carbocycles. The number of rotatable bonds is 6. The number of benzene rings is 2. The Morgan fingerprint density at radius 2 is 1.78 bits per heavy atom. The van der Waals surface area contributed by atoms with Crippen LogP contribution < -0.4 is 5.73 Å². The molecule has 1 amide bonds. The van der Waals surface area contributed by atoms with E-state index in [-0.39, 0.29) is 18.3 Å². The van der Waals surface area contributed by atoms with Gasteiger partial charge in [-0.1, -0.05) is 48.0 Å². The second-order valence-electron chi connectivity index (χ2n) is 5.67. The summed E-state index contributed by atoms with van der Waals surface area (Å²) in [7, 11) is 0. The monoisotopic (exact) mass is 332 g/mol. The molecule has 0 aliphatic rings. The predicted octanol–water partition coefficient (Wildman–Crippen LogP) is 3.72. The molecule has 0 saturated carbocycles. The third kappa shape index (κ3) is 5.38. The van der Waals surface area contributed by atoms with Gasteiger partial charge in [-0.2, -0.15) is 0 Å². The van der Waals surface area contributed by atoms with Crippen LogP contribution in [-0.4, -0.2) is 23.9 Å². The van der Waals surface area contributed by atoms with Crippen LogP contribution in [0.2, 0.25) is 0 Å². The van der Waals surface area contributed by atoms with E-state index in [0.29, 0.717) is 19.6 Å². The second-order valence-corrected chi connectivity index (χ2v) is 5.67. The van der Waals surface area contributed by atoms with Crippen LogP contribution in [0.4, 0.5) is 0 Å². The fraction of sp³-hybridized carbons (Fsp3) is 0.316. The molecule has 2 N–H and O–H groups in total. The number of carbonyl (C=O) groups is 1. The summed E-state index contributed by atoms with van der Waals surface area (Å²) < 4.78 is 0. The van der Waals surface area contributed by atoms with Crippen molar-refractivity contribution in [2.24, 2.45) is 5.73 Å². The highest BCUT2D eigenvalue weighted by atomic mass is 35.5. The maximum atomic E-state index is 12.9. The molecule has 0 fully saturated rings. The Hall–Kier alpha value is -1.84. The van der Waals surface area contributed by atoms with E-state index in [1.165, 1.54) is 5.56 Å². The summed E-state index contributed by atoms with van der Waals surface area (Å²) in [6, 6.07) is 16.0. The predicted molar refractivity (Wildman–Crippen MR) is 98.0 cm³/mol. The van der Waals surface area contributed by atoms with Gasteiger partial charge in [-0.25, -0.2) is 0 Å². The van der Waals surface area contributed by atoms with E-state index in [1.54, 1.807) is 0 Å². The molecule has 0 bridgehead atoms. The summed E-state index contributed by atoms with van der Waals surface area (Å²) in [6.07, 6.45) is 0.809. The number of nitrogens with zero attached hydrogens (tertiary/aromatic N) is 1. The van der Waals surface area contributed by atoms with Crippen molar-refractivity contribution in [1.82, 2.24) is 4.90 Å². The minimum absolute atomic E-state index is 0. The second kappa shape index (κ2) is 9.33. The van der Waals surface area contributed by atoms with Gasteiger partial charge in [-0.05, 0) is 44.0 Å². The van der Waals surface area contributed by atoms with Gasteiger partial charge < -0.3 is 10.6 Å². The highest BCUT2D eigenvalue weighted by Crippen LogP contribution is 2.15. The molecule has 0 spiro atoms. The molecule has 2 aromatic rings. The van der Waals surface area contributed by atoms with E-state index in [9.17, 15) is 4.79 Å². The molecule has 0 aliphatic heterocycles. The van der Waals surface area contributed by atoms with Gasteiger partial charge in [0.05, 0.1) is 0 Å². The third-order valence-electron chi connectivity index (χ3n) is 3.75. The number of amides is 1. The molecular weight excluding hydrogens is 308 g/mol. The van der Waals surface area contributed by atoms with E-state index < -0.39 is 0 Å². The molecule has 124 valence electrons. The van der Waals surface area contributed by atoms with Crippen LogP contribution in [-0.2, 0) is 6.54 Å². The molecule has 2 aromatic carbocycles. The standard InChI is InChI=1S/C19H24N2O.ClH/c1-15-9-10-18(16(2)13-15)19(22)21(12-6-11-20)14-17-7-4-3-5-8-17;/h3-5,7-10,13H,6,11-12,14,20H2,1-2H3;1H. The number of aryl methyl sites for hydroxylation is 2. The van der Waals surface area contributed by atoms with Crippen molar-refractivity contribution in [3.05, 3.63) is 70.8 Å². The molecule has 0 heterocycles. The van der Waals surface area contributed by atoms with Gasteiger partial charge in [-0.3, -0.25) is 4.79 Å². The van der Waals surface area contributed by atoms with E-state index in [1.807, 2.05) is 61.2 Å². The van der Waals surface area contributed by atoms with E-state index >= 15 is 0 Å². The maximum Gasteiger partial charge on any atom is 0.254 e. The first kappa shape index (κ1) is 19.2. The van der Waals surface area contributed by atoms with Crippen molar-refractivity contribution in [2.45, 2.75) is 26.8 Å². The summed E-state index contributed by atoms with van der Waals surface area (Å²) in [4.78, 5) is 14.8. The fourth-order valence-corrected chi connectivity index (χ4v) is 2.56. The lowest BCUT2D eigenvalue weighted by Crippen LogP contribution is -2.33. The summed E-state index contributed by atoms with van der Waals surface area (Å²) in [5.41, 5.74) is 9.73. The van der Waals surface area contributed by atoms with Crippen LogP contribution in [0.3, 0.4) is 0 Å². The minimum Gasteiger partial charge on any atom is -0.334 e. The van der Waals surface area contributed by atoms with Gasteiger partial charge in [0.1, 0.15) is 0 Å². The smallest absolute Gasteiger partial charge is 0.254 e. The topological polar surface area (TPSA) is 46.3 Å². The summed E-state index contributed by atoms with van der Waals surface area (Å²) in [6.45, 7) is 5.91.